The highest BCUT2D eigenvalue weighted by Crippen LogP contribution is 2.03. The monoisotopic (exact) mass is 247 g/mol. The lowest BCUT2D eigenvalue weighted by Gasteiger charge is -2.10. The van der Waals surface area contributed by atoms with Crippen molar-refractivity contribution in [3.8, 4) is 11.8 Å². The Balaban J connectivity index is 2.59. The van der Waals surface area contributed by atoms with E-state index in [1.54, 1.807) is 31.4 Å². The van der Waals surface area contributed by atoms with Gasteiger partial charge in [0.05, 0.1) is 6.10 Å². The number of aliphatic hydroxyl groups excluding tert-OH is 1. The first-order chi connectivity index (χ1) is 8.67. The number of hydrogen-bond acceptors (Lipinski definition) is 3. The van der Waals surface area contributed by atoms with Gasteiger partial charge in [0.15, 0.2) is 0 Å². The molecule has 1 aromatic rings. The summed E-state index contributed by atoms with van der Waals surface area (Å²) in [6.07, 6.45) is -0.0105. The fraction of sp³-hybridized carbons (Fsp3) is 0.357. The lowest BCUT2D eigenvalue weighted by molar-refractivity contribution is 0.0870. The SMILES string of the molecule is COC(C)CNC(=O)c1ccc(C#CCO)cc1. The van der Waals surface area contributed by atoms with Crippen LogP contribution in [0.1, 0.15) is 22.8 Å². The van der Waals surface area contributed by atoms with Crippen LogP contribution in [0.25, 0.3) is 0 Å². The molecule has 0 saturated heterocycles. The molecule has 0 spiro atoms. The summed E-state index contributed by atoms with van der Waals surface area (Å²) >= 11 is 0. The largest absolute Gasteiger partial charge is 0.384 e. The molecule has 2 N–H and O–H groups in total. The molecular weight excluding hydrogens is 230 g/mol. The number of rotatable bonds is 4. The number of carbonyl (C=O) groups is 1. The number of amides is 1. The maximum Gasteiger partial charge on any atom is 0.251 e. The molecular formula is C14H17NO3. The van der Waals surface area contributed by atoms with Crippen molar-refractivity contribution in [2.45, 2.75) is 13.0 Å². The Labute approximate surface area is 107 Å². The molecule has 1 atom stereocenters. The van der Waals surface area contributed by atoms with Crippen LogP contribution in [0, 0.1) is 11.8 Å². The summed E-state index contributed by atoms with van der Waals surface area (Å²) in [4.78, 5) is 11.7. The number of hydrogen-bond donors (Lipinski definition) is 2. The molecule has 0 aromatic heterocycles. The molecule has 1 amide bonds. The fourth-order valence-corrected chi connectivity index (χ4v) is 1.27. The summed E-state index contributed by atoms with van der Waals surface area (Å²) in [5.74, 6) is 5.18. The lowest BCUT2D eigenvalue weighted by Crippen LogP contribution is -2.31. The normalized spacial score (nSPS) is 11.3. The Hall–Kier alpha value is -1.83. The van der Waals surface area contributed by atoms with Crippen molar-refractivity contribution in [3.05, 3.63) is 35.4 Å². The molecule has 0 saturated carbocycles. The zero-order chi connectivity index (χ0) is 13.4. The van der Waals surface area contributed by atoms with E-state index in [1.807, 2.05) is 6.92 Å². The molecule has 4 heteroatoms. The second kappa shape index (κ2) is 7.49. The van der Waals surface area contributed by atoms with E-state index < -0.39 is 0 Å². The van der Waals surface area contributed by atoms with Gasteiger partial charge in [0.1, 0.15) is 6.61 Å². The highest BCUT2D eigenvalue weighted by molar-refractivity contribution is 5.94. The van der Waals surface area contributed by atoms with Crippen LogP contribution in [0.2, 0.25) is 0 Å². The third kappa shape index (κ3) is 4.58. The first-order valence-electron chi connectivity index (χ1n) is 5.68. The third-order valence-corrected chi connectivity index (χ3v) is 2.41. The van der Waals surface area contributed by atoms with Crippen molar-refractivity contribution >= 4 is 5.91 Å². The Morgan fingerprint density at radius 3 is 2.67 bits per heavy atom. The molecule has 0 heterocycles. The number of aliphatic hydroxyl groups is 1. The molecule has 0 aliphatic carbocycles. The zero-order valence-corrected chi connectivity index (χ0v) is 10.6. The van der Waals surface area contributed by atoms with Crippen LogP contribution in [-0.4, -0.2) is 37.4 Å². The minimum Gasteiger partial charge on any atom is -0.384 e. The van der Waals surface area contributed by atoms with Crippen LogP contribution in [0.3, 0.4) is 0 Å². The number of nitrogens with one attached hydrogen (secondary N) is 1. The van der Waals surface area contributed by atoms with E-state index in [0.29, 0.717) is 12.1 Å². The fourth-order valence-electron chi connectivity index (χ4n) is 1.27. The van der Waals surface area contributed by atoms with E-state index >= 15 is 0 Å². The van der Waals surface area contributed by atoms with E-state index in [4.69, 9.17) is 9.84 Å². The Kier molecular flexibility index (Phi) is 5.92. The van der Waals surface area contributed by atoms with E-state index in [-0.39, 0.29) is 18.6 Å². The van der Waals surface area contributed by atoms with E-state index in [1.165, 1.54) is 0 Å². The zero-order valence-electron chi connectivity index (χ0n) is 10.6. The highest BCUT2D eigenvalue weighted by atomic mass is 16.5. The Morgan fingerprint density at radius 2 is 2.11 bits per heavy atom. The van der Waals surface area contributed by atoms with Gasteiger partial charge in [-0.2, -0.15) is 0 Å². The van der Waals surface area contributed by atoms with Crippen molar-refractivity contribution in [1.29, 1.82) is 0 Å². The van der Waals surface area contributed by atoms with Gasteiger partial charge in [-0.25, -0.2) is 0 Å². The van der Waals surface area contributed by atoms with Gasteiger partial charge in [0.2, 0.25) is 0 Å². The summed E-state index contributed by atoms with van der Waals surface area (Å²) in [6, 6.07) is 6.90. The number of carbonyl (C=O) groups excluding carboxylic acids is 1. The quantitative estimate of drug-likeness (QED) is 0.774. The van der Waals surface area contributed by atoms with Crippen LogP contribution in [-0.2, 0) is 4.74 Å². The minimum atomic E-state index is -0.170. The van der Waals surface area contributed by atoms with Crippen LogP contribution in [0.15, 0.2) is 24.3 Å². The van der Waals surface area contributed by atoms with E-state index in [2.05, 4.69) is 17.2 Å². The summed E-state index contributed by atoms with van der Waals surface area (Å²) in [6.45, 7) is 2.19. The molecule has 96 valence electrons. The van der Waals surface area contributed by atoms with Crippen molar-refractivity contribution < 1.29 is 14.6 Å². The smallest absolute Gasteiger partial charge is 0.251 e. The Morgan fingerprint density at radius 1 is 1.44 bits per heavy atom. The average molecular weight is 247 g/mol. The number of ether oxygens (including phenoxy) is 1. The van der Waals surface area contributed by atoms with Crippen LogP contribution in [0.5, 0.6) is 0 Å². The summed E-state index contributed by atoms with van der Waals surface area (Å²) in [5.41, 5.74) is 1.35. The van der Waals surface area contributed by atoms with Crippen molar-refractivity contribution in [3.63, 3.8) is 0 Å². The molecule has 0 aliphatic rings. The van der Waals surface area contributed by atoms with Crippen molar-refractivity contribution in [2.24, 2.45) is 0 Å². The molecule has 18 heavy (non-hydrogen) atoms. The number of benzene rings is 1. The van der Waals surface area contributed by atoms with Crippen molar-refractivity contribution in [1.82, 2.24) is 5.32 Å². The van der Waals surface area contributed by atoms with Gasteiger partial charge < -0.3 is 15.2 Å². The maximum absolute atomic E-state index is 11.7. The first kappa shape index (κ1) is 14.2. The second-order valence-electron chi connectivity index (χ2n) is 3.79. The Bertz CT molecular complexity index is 442. The predicted octanol–water partition coefficient (Wildman–Crippen LogP) is 0.795. The van der Waals surface area contributed by atoms with Crippen LogP contribution in [0.4, 0.5) is 0 Å². The molecule has 1 aromatic carbocycles. The predicted molar refractivity (Wildman–Crippen MR) is 69.2 cm³/mol. The molecule has 0 fully saturated rings. The van der Waals surface area contributed by atoms with Gasteiger partial charge in [-0.05, 0) is 31.2 Å². The summed E-state index contributed by atoms with van der Waals surface area (Å²) < 4.78 is 5.04. The second-order valence-corrected chi connectivity index (χ2v) is 3.79. The van der Waals surface area contributed by atoms with Gasteiger partial charge in [0.25, 0.3) is 5.91 Å². The summed E-state index contributed by atoms with van der Waals surface area (Å²) in [5, 5.41) is 11.3. The highest BCUT2D eigenvalue weighted by Gasteiger charge is 2.06. The molecule has 1 rings (SSSR count). The van der Waals surface area contributed by atoms with Gasteiger partial charge in [0, 0.05) is 24.8 Å². The molecule has 0 aliphatic heterocycles. The topological polar surface area (TPSA) is 58.6 Å². The average Bonchev–Trinajstić information content (AvgIpc) is 2.42. The van der Waals surface area contributed by atoms with Gasteiger partial charge in [-0.3, -0.25) is 4.79 Å². The van der Waals surface area contributed by atoms with E-state index in [0.717, 1.165) is 5.56 Å². The standard InChI is InChI=1S/C14H17NO3/c1-11(18-2)10-15-14(17)13-7-5-12(6-8-13)4-3-9-16/h5-8,11,16H,9-10H2,1-2H3,(H,15,17). The van der Waals surface area contributed by atoms with Crippen LogP contribution >= 0.6 is 0 Å². The lowest BCUT2D eigenvalue weighted by atomic mass is 10.1. The molecule has 0 radical (unpaired) electrons. The van der Waals surface area contributed by atoms with Crippen LogP contribution < -0.4 is 5.32 Å². The van der Waals surface area contributed by atoms with Gasteiger partial charge in [-0.1, -0.05) is 11.8 Å². The molecule has 0 bridgehead atoms. The first-order valence-corrected chi connectivity index (χ1v) is 5.68. The molecule has 4 nitrogen and oxygen atoms in total. The maximum atomic E-state index is 11.7. The third-order valence-electron chi connectivity index (χ3n) is 2.41. The van der Waals surface area contributed by atoms with Gasteiger partial charge >= 0.3 is 0 Å². The minimum absolute atomic E-state index is 0.0105. The molecule has 1 unspecified atom stereocenters. The van der Waals surface area contributed by atoms with Gasteiger partial charge in [-0.15, -0.1) is 0 Å². The number of methoxy groups -OCH3 is 1. The van der Waals surface area contributed by atoms with E-state index in [9.17, 15) is 4.79 Å². The summed E-state index contributed by atoms with van der Waals surface area (Å²) in [7, 11) is 1.60. The van der Waals surface area contributed by atoms with Crippen molar-refractivity contribution in [2.75, 3.05) is 20.3 Å².